The molecule has 2 saturated heterocycles. The number of hydrogen-bond acceptors (Lipinski definition) is 10. The molecule has 2 aliphatic carbocycles. The van der Waals surface area contributed by atoms with E-state index in [-0.39, 0.29) is 24.2 Å². The molecule has 0 amide bonds. The van der Waals surface area contributed by atoms with Crippen molar-refractivity contribution in [1.82, 2.24) is 4.98 Å². The normalized spacial score (nSPS) is 49.8. The number of hydrogen-bond donors (Lipinski definition) is 5. The molecule has 1 spiro atoms. The number of ether oxygens (including phenoxy) is 2. The zero-order valence-electron chi connectivity index (χ0n) is 21.9. The Hall–Kier alpha value is -2.31. The van der Waals surface area contributed by atoms with Crippen molar-refractivity contribution in [2.45, 2.75) is 88.7 Å². The fourth-order valence-electron chi connectivity index (χ4n) is 7.84. The molecule has 1 aromatic heterocycles. The predicted molar refractivity (Wildman–Crippen MR) is 128 cm³/mol. The third-order valence-electron chi connectivity index (χ3n) is 10.1. The van der Waals surface area contributed by atoms with Crippen LogP contribution in [0.3, 0.4) is 0 Å². The Balaban J connectivity index is 1.86. The molecule has 2 saturated carbocycles. The molecule has 0 unspecified atom stereocenters. The first-order valence-electron chi connectivity index (χ1n) is 12.7. The predicted octanol–water partition coefficient (Wildman–Crippen LogP) is 0.908. The first-order valence-corrected chi connectivity index (χ1v) is 12.7. The van der Waals surface area contributed by atoms with E-state index < -0.39 is 69.2 Å². The highest BCUT2D eigenvalue weighted by molar-refractivity contribution is 6.08. The van der Waals surface area contributed by atoms with Crippen LogP contribution in [0.5, 0.6) is 0 Å². The molecule has 204 valence electrons. The molecule has 1 aromatic rings. The Morgan fingerprint density at radius 2 is 1.95 bits per heavy atom. The van der Waals surface area contributed by atoms with Gasteiger partial charge < -0.3 is 39.7 Å². The smallest absolute Gasteiger partial charge is 0.355 e. The minimum absolute atomic E-state index is 0.0275. The van der Waals surface area contributed by atoms with E-state index in [1.54, 1.807) is 33.8 Å². The lowest BCUT2D eigenvalue weighted by molar-refractivity contribution is -0.382. The van der Waals surface area contributed by atoms with Crippen molar-refractivity contribution in [1.29, 1.82) is 0 Å². The highest BCUT2D eigenvalue weighted by Gasteiger charge is 2.92. The maximum atomic E-state index is 14.6. The van der Waals surface area contributed by atoms with Crippen LogP contribution in [0.2, 0.25) is 0 Å². The summed E-state index contributed by atoms with van der Waals surface area (Å²) in [5.41, 5.74) is -10.4. The molecule has 11 heteroatoms. The summed E-state index contributed by atoms with van der Waals surface area (Å²) in [6.07, 6.45) is -1.56. The van der Waals surface area contributed by atoms with Gasteiger partial charge in [0.1, 0.15) is 35.1 Å². The lowest BCUT2D eigenvalue weighted by Gasteiger charge is -2.62. The van der Waals surface area contributed by atoms with Gasteiger partial charge in [0, 0.05) is 12.6 Å². The van der Waals surface area contributed by atoms with E-state index in [0.29, 0.717) is 6.42 Å². The van der Waals surface area contributed by atoms with Crippen LogP contribution >= 0.6 is 0 Å². The molecule has 11 nitrogen and oxygen atoms in total. The highest BCUT2D eigenvalue weighted by Crippen LogP contribution is 2.73. The summed E-state index contributed by atoms with van der Waals surface area (Å²) >= 11 is 0. The number of aliphatic hydroxyl groups is 4. The summed E-state index contributed by atoms with van der Waals surface area (Å²) < 4.78 is 12.1. The molecule has 5 rings (SSSR count). The fraction of sp³-hybridized carbons (Fsp3) is 0.731. The van der Waals surface area contributed by atoms with Gasteiger partial charge in [-0.1, -0.05) is 32.9 Å². The quantitative estimate of drug-likeness (QED) is 0.286. The number of aromatic amines is 1. The number of aromatic nitrogens is 1. The zero-order chi connectivity index (χ0) is 27.4. The van der Waals surface area contributed by atoms with E-state index in [4.69, 9.17) is 14.3 Å². The van der Waals surface area contributed by atoms with Crippen molar-refractivity contribution >= 4 is 17.5 Å². The highest BCUT2D eigenvalue weighted by atomic mass is 16.7. The lowest BCUT2D eigenvalue weighted by atomic mass is 9.48. The number of Topliss-reactive ketones (excluding diaryl/α,β-unsaturated/α-hetero) is 1. The van der Waals surface area contributed by atoms with Crippen LogP contribution in [0.1, 0.15) is 64.4 Å². The van der Waals surface area contributed by atoms with Gasteiger partial charge in [0.2, 0.25) is 0 Å². The summed E-state index contributed by atoms with van der Waals surface area (Å²) in [5, 5.41) is 53.0. The van der Waals surface area contributed by atoms with Gasteiger partial charge >= 0.3 is 5.97 Å². The van der Waals surface area contributed by atoms with Gasteiger partial charge in [0.05, 0.1) is 11.5 Å². The summed E-state index contributed by atoms with van der Waals surface area (Å²) in [6, 6.07) is 3.09. The van der Waals surface area contributed by atoms with Crippen LogP contribution in [-0.2, 0) is 19.1 Å². The molecule has 9 atom stereocenters. The van der Waals surface area contributed by atoms with Crippen molar-refractivity contribution in [2.24, 2.45) is 27.8 Å². The number of esters is 1. The first kappa shape index (κ1) is 26.3. The topological polar surface area (TPSA) is 171 Å². The largest absolute Gasteiger partial charge is 0.448 e. The third-order valence-corrected chi connectivity index (χ3v) is 10.1. The minimum Gasteiger partial charge on any atom is -0.448 e. The number of H-pyrrole nitrogens is 1. The monoisotopic (exact) mass is 520 g/mol. The average molecular weight is 521 g/mol. The molecule has 4 aliphatic rings. The second kappa shape index (κ2) is 7.63. The van der Waals surface area contributed by atoms with Gasteiger partial charge in [-0.3, -0.25) is 4.79 Å². The van der Waals surface area contributed by atoms with Crippen LogP contribution in [0.15, 0.2) is 23.5 Å². The van der Waals surface area contributed by atoms with Crippen LogP contribution in [0.25, 0.3) is 0 Å². The second-order valence-electron chi connectivity index (χ2n) is 11.9. The Morgan fingerprint density at radius 1 is 1.27 bits per heavy atom. The number of aliphatic hydroxyl groups excluding tert-OH is 1. The van der Waals surface area contributed by atoms with Gasteiger partial charge in [-0.2, -0.15) is 0 Å². The molecular weight excluding hydrogens is 484 g/mol. The van der Waals surface area contributed by atoms with Crippen molar-refractivity contribution in [3.8, 4) is 0 Å². The average Bonchev–Trinajstić information content (AvgIpc) is 3.42. The number of nitrogens with one attached hydrogen (secondary N) is 1. The number of rotatable bonds is 4. The van der Waals surface area contributed by atoms with E-state index in [1.165, 1.54) is 26.3 Å². The molecular formula is C26H36N2O9. The second-order valence-corrected chi connectivity index (χ2v) is 11.9. The lowest BCUT2D eigenvalue weighted by Crippen LogP contribution is -2.80. The van der Waals surface area contributed by atoms with Crippen LogP contribution in [0, 0.1) is 22.7 Å². The van der Waals surface area contributed by atoms with E-state index in [2.05, 4.69) is 10.1 Å². The van der Waals surface area contributed by atoms with E-state index >= 15 is 0 Å². The van der Waals surface area contributed by atoms with Crippen molar-refractivity contribution in [2.75, 3.05) is 7.11 Å². The molecule has 2 aliphatic heterocycles. The van der Waals surface area contributed by atoms with Gasteiger partial charge in [-0.05, 0) is 43.7 Å². The van der Waals surface area contributed by atoms with Crippen molar-refractivity contribution in [3.63, 3.8) is 0 Å². The SMILES string of the molecule is CO/N=C1/[C@H](OC(=O)c2ccc[nH]2)[C@](O)(C(C)C)[C@@]2(C)C(=O)[C@]34O[C@@]2(O)C[C@@]1(C)[C@@]3(O)CC[C@H](C)[C@H]4O. The summed E-state index contributed by atoms with van der Waals surface area (Å²) in [4.78, 5) is 35.8. The fourth-order valence-corrected chi connectivity index (χ4v) is 7.84. The van der Waals surface area contributed by atoms with Crippen LogP contribution in [0.4, 0.5) is 0 Å². The number of oxime groups is 1. The summed E-state index contributed by atoms with van der Waals surface area (Å²) in [7, 11) is 1.27. The van der Waals surface area contributed by atoms with Gasteiger partial charge in [-0.15, -0.1) is 0 Å². The molecule has 37 heavy (non-hydrogen) atoms. The number of carbonyl (C=O) groups excluding carboxylic acids is 2. The molecule has 4 fully saturated rings. The van der Waals surface area contributed by atoms with E-state index in [0.717, 1.165) is 0 Å². The molecule has 0 radical (unpaired) electrons. The van der Waals surface area contributed by atoms with Gasteiger partial charge in [0.15, 0.2) is 23.3 Å². The number of nitrogens with zero attached hydrogens (tertiary/aromatic N) is 1. The molecule has 5 N–H and O–H groups in total. The number of carbonyl (C=O) groups is 2. The van der Waals surface area contributed by atoms with E-state index in [9.17, 15) is 30.0 Å². The molecule has 3 bridgehead atoms. The minimum atomic E-state index is -2.34. The van der Waals surface area contributed by atoms with Crippen LogP contribution in [-0.4, -0.2) is 84.8 Å². The Bertz CT molecular complexity index is 1170. The maximum absolute atomic E-state index is 14.6. The Labute approximate surface area is 214 Å². The molecule has 0 aromatic carbocycles. The van der Waals surface area contributed by atoms with Crippen LogP contribution < -0.4 is 0 Å². The zero-order valence-corrected chi connectivity index (χ0v) is 21.9. The van der Waals surface area contributed by atoms with Gasteiger partial charge in [-0.25, -0.2) is 4.79 Å². The van der Waals surface area contributed by atoms with Crippen molar-refractivity contribution in [3.05, 3.63) is 24.0 Å². The first-order chi connectivity index (χ1) is 17.1. The Morgan fingerprint density at radius 3 is 2.51 bits per heavy atom. The van der Waals surface area contributed by atoms with Crippen molar-refractivity contribution < 1.29 is 44.3 Å². The third kappa shape index (κ3) is 2.62. The molecule has 3 heterocycles. The maximum Gasteiger partial charge on any atom is 0.355 e. The van der Waals surface area contributed by atoms with E-state index in [1.807, 2.05) is 0 Å². The van der Waals surface area contributed by atoms with Gasteiger partial charge in [0.25, 0.3) is 0 Å². The number of ketones is 1. The number of fused-ring (bicyclic) bond motifs is 2. The standard InChI is InChI=1S/C26H36N2O9/c1-13(2)25(34)18(36-19(30)15-8-7-11-27-15)16(28-35-6)21(4)12-24(33)22(25,5)20(31)26(37-24)17(29)14(3)9-10-23(21,26)32/h7-8,11,13-14,17-18,27,29,32-34H,9-10,12H2,1-6H3/b28-16-/t14-,17+,18-,21+,22-,23-,24-,25+,26-/m0/s1. The Kier molecular flexibility index (Phi) is 5.42. The summed E-state index contributed by atoms with van der Waals surface area (Å²) in [5.74, 6) is -5.27. The summed E-state index contributed by atoms with van der Waals surface area (Å²) in [6.45, 7) is 7.92.